The minimum absolute atomic E-state index is 0.123. The van der Waals surface area contributed by atoms with E-state index in [4.69, 9.17) is 42.1 Å². The molecule has 0 bridgehead atoms. The van der Waals surface area contributed by atoms with Crippen LogP contribution in [0, 0.1) is 12.7 Å². The van der Waals surface area contributed by atoms with E-state index in [-0.39, 0.29) is 30.0 Å². The highest BCUT2D eigenvalue weighted by molar-refractivity contribution is 6.31. The van der Waals surface area contributed by atoms with Gasteiger partial charge in [0, 0.05) is 27.3 Å². The van der Waals surface area contributed by atoms with Crippen LogP contribution in [-0.2, 0) is 18.0 Å². The molecule has 0 N–H and O–H groups in total. The minimum Gasteiger partial charge on any atom is -0.488 e. The highest BCUT2D eigenvalue weighted by Crippen LogP contribution is 2.41. The Balaban J connectivity index is 1.42. The fraction of sp³-hybridized carbons (Fsp3) is 0.160. The lowest BCUT2D eigenvalue weighted by Gasteiger charge is -2.20. The lowest BCUT2D eigenvalue weighted by atomic mass is 10.0. The van der Waals surface area contributed by atoms with Gasteiger partial charge in [0.05, 0.1) is 17.2 Å². The van der Waals surface area contributed by atoms with Gasteiger partial charge in [-0.2, -0.15) is 0 Å². The van der Waals surface area contributed by atoms with Crippen molar-refractivity contribution < 1.29 is 28.1 Å². The summed E-state index contributed by atoms with van der Waals surface area (Å²) in [4.78, 5) is 13.0. The molecule has 2 heterocycles. The minimum atomic E-state index is -0.414. The largest absolute Gasteiger partial charge is 0.488 e. The maximum atomic E-state index is 13.3. The van der Waals surface area contributed by atoms with Crippen LogP contribution in [0.4, 0.5) is 4.39 Å². The van der Waals surface area contributed by atoms with Gasteiger partial charge in [-0.1, -0.05) is 29.3 Å². The Kier molecular flexibility index (Phi) is 5.74. The molecular formula is C25H17Cl2FO5. The molecule has 5 nitrogen and oxygen atoms in total. The molecule has 8 heteroatoms. The third-order valence-corrected chi connectivity index (χ3v) is 6.00. The van der Waals surface area contributed by atoms with Crippen molar-refractivity contribution in [3.05, 3.63) is 91.9 Å². The van der Waals surface area contributed by atoms with Crippen molar-refractivity contribution in [1.82, 2.24) is 0 Å². The molecule has 0 unspecified atom stereocenters. The van der Waals surface area contributed by atoms with Gasteiger partial charge in [0.2, 0.25) is 5.78 Å². The number of hydrogen-bond acceptors (Lipinski definition) is 5. The number of ketones is 1. The number of halogens is 3. The molecule has 2 aliphatic rings. The molecule has 0 saturated carbocycles. The number of carbonyl (C=O) groups is 1. The van der Waals surface area contributed by atoms with Gasteiger partial charge in [-0.25, -0.2) is 4.39 Å². The summed E-state index contributed by atoms with van der Waals surface area (Å²) in [5, 5.41) is 0.784. The Bertz CT molecular complexity index is 1320. The van der Waals surface area contributed by atoms with E-state index in [2.05, 4.69) is 0 Å². The standard InChI is InChI=1S/C25H17Cl2FO5/c1-13-21(31-11-14-2-3-18(28)9-20(14)27)5-4-19-23(29)22(33-24(13)19)8-15-6-17(26)7-16-10-30-12-32-25(15)16/h2-9H,10-12H2,1H3/b22-8-. The molecule has 0 aromatic heterocycles. The van der Waals surface area contributed by atoms with Gasteiger partial charge in [-0.15, -0.1) is 0 Å². The topological polar surface area (TPSA) is 54.0 Å². The van der Waals surface area contributed by atoms with Gasteiger partial charge in [-0.05, 0) is 49.4 Å². The van der Waals surface area contributed by atoms with E-state index in [1.165, 1.54) is 12.1 Å². The first-order chi connectivity index (χ1) is 15.9. The zero-order chi connectivity index (χ0) is 23.1. The smallest absolute Gasteiger partial charge is 0.231 e. The van der Waals surface area contributed by atoms with Crippen LogP contribution in [-0.4, -0.2) is 12.6 Å². The maximum Gasteiger partial charge on any atom is 0.231 e. The molecule has 0 amide bonds. The highest BCUT2D eigenvalue weighted by Gasteiger charge is 2.31. The summed E-state index contributed by atoms with van der Waals surface area (Å²) in [6.07, 6.45) is 1.62. The van der Waals surface area contributed by atoms with Crippen molar-refractivity contribution >= 4 is 35.1 Å². The van der Waals surface area contributed by atoms with Crippen LogP contribution in [0.3, 0.4) is 0 Å². The van der Waals surface area contributed by atoms with Gasteiger partial charge in [-0.3, -0.25) is 4.79 Å². The molecule has 5 rings (SSSR count). The van der Waals surface area contributed by atoms with Crippen LogP contribution in [0.15, 0.2) is 48.2 Å². The van der Waals surface area contributed by atoms with Crippen LogP contribution >= 0.6 is 23.2 Å². The van der Waals surface area contributed by atoms with Crippen LogP contribution in [0.5, 0.6) is 17.2 Å². The molecule has 33 heavy (non-hydrogen) atoms. The van der Waals surface area contributed by atoms with Crippen LogP contribution in [0.1, 0.15) is 32.6 Å². The second-order valence-corrected chi connectivity index (χ2v) is 8.47. The number of hydrogen-bond donors (Lipinski definition) is 0. The third kappa shape index (κ3) is 4.17. The van der Waals surface area contributed by atoms with Gasteiger partial charge in [0.1, 0.15) is 29.7 Å². The molecule has 0 atom stereocenters. The summed E-state index contributed by atoms with van der Waals surface area (Å²) < 4.78 is 36.0. The summed E-state index contributed by atoms with van der Waals surface area (Å²) in [5.74, 6) is 1.07. The van der Waals surface area contributed by atoms with Crippen molar-refractivity contribution in [2.45, 2.75) is 20.1 Å². The quantitative estimate of drug-likeness (QED) is 0.393. The van der Waals surface area contributed by atoms with E-state index in [1.54, 1.807) is 43.3 Å². The summed E-state index contributed by atoms with van der Waals surface area (Å²) in [5.41, 5.74) is 3.18. The summed E-state index contributed by atoms with van der Waals surface area (Å²) in [6.45, 7) is 2.44. The number of rotatable bonds is 4. The monoisotopic (exact) mass is 486 g/mol. The third-order valence-electron chi connectivity index (χ3n) is 5.43. The van der Waals surface area contributed by atoms with E-state index in [1.807, 2.05) is 0 Å². The van der Waals surface area contributed by atoms with Crippen molar-refractivity contribution in [2.75, 3.05) is 6.79 Å². The fourth-order valence-electron chi connectivity index (χ4n) is 3.78. The first-order valence-corrected chi connectivity index (χ1v) is 10.8. The molecule has 0 fully saturated rings. The van der Waals surface area contributed by atoms with Crippen LogP contribution in [0.25, 0.3) is 6.08 Å². The lowest BCUT2D eigenvalue weighted by Crippen LogP contribution is -2.12. The molecule has 0 saturated heterocycles. The van der Waals surface area contributed by atoms with Crippen LogP contribution in [0.2, 0.25) is 10.0 Å². The van der Waals surface area contributed by atoms with E-state index in [9.17, 15) is 9.18 Å². The number of fused-ring (bicyclic) bond motifs is 2. The van der Waals surface area contributed by atoms with E-state index in [0.717, 1.165) is 5.56 Å². The Morgan fingerprint density at radius 1 is 1.12 bits per heavy atom. The van der Waals surface area contributed by atoms with E-state index < -0.39 is 5.82 Å². The highest BCUT2D eigenvalue weighted by atomic mass is 35.5. The normalized spacial score (nSPS) is 15.6. The Hall–Kier alpha value is -3.06. The SMILES string of the molecule is Cc1c(OCc2ccc(F)cc2Cl)ccc2c1O/C(=C\c1cc(Cl)cc3c1OCOC3)C2=O. The lowest BCUT2D eigenvalue weighted by molar-refractivity contribution is -0.0165. The Labute approximate surface area is 199 Å². The second-order valence-electron chi connectivity index (χ2n) is 7.62. The van der Waals surface area contributed by atoms with Gasteiger partial charge < -0.3 is 18.9 Å². The number of Topliss-reactive ketones (excluding diaryl/α,β-unsaturated/α-hetero) is 1. The zero-order valence-corrected chi connectivity index (χ0v) is 18.9. The summed E-state index contributed by atoms with van der Waals surface area (Å²) >= 11 is 12.3. The molecule has 3 aromatic carbocycles. The summed E-state index contributed by atoms with van der Waals surface area (Å²) in [7, 11) is 0. The second kappa shape index (κ2) is 8.71. The molecule has 0 radical (unpaired) electrons. The summed E-state index contributed by atoms with van der Waals surface area (Å²) in [6, 6.07) is 11.0. The van der Waals surface area contributed by atoms with Crippen molar-refractivity contribution in [1.29, 1.82) is 0 Å². The maximum absolute atomic E-state index is 13.3. The Morgan fingerprint density at radius 3 is 2.79 bits per heavy atom. The van der Waals surface area contributed by atoms with Crippen molar-refractivity contribution in [3.63, 3.8) is 0 Å². The van der Waals surface area contributed by atoms with Crippen molar-refractivity contribution in [3.8, 4) is 17.2 Å². The fourth-order valence-corrected chi connectivity index (χ4v) is 4.25. The number of allylic oxidation sites excluding steroid dienone is 1. The average molecular weight is 487 g/mol. The van der Waals surface area contributed by atoms with Crippen molar-refractivity contribution in [2.24, 2.45) is 0 Å². The average Bonchev–Trinajstić information content (AvgIpc) is 3.10. The molecular weight excluding hydrogens is 470 g/mol. The van der Waals surface area contributed by atoms with Gasteiger partial charge >= 0.3 is 0 Å². The zero-order valence-electron chi connectivity index (χ0n) is 17.4. The van der Waals surface area contributed by atoms with Crippen LogP contribution < -0.4 is 14.2 Å². The predicted octanol–water partition coefficient (Wildman–Crippen LogP) is 6.50. The van der Waals surface area contributed by atoms with E-state index >= 15 is 0 Å². The molecule has 0 aliphatic carbocycles. The molecule has 0 spiro atoms. The number of carbonyl (C=O) groups excluding carboxylic acids is 1. The first kappa shape index (κ1) is 21.8. The van der Waals surface area contributed by atoms with Gasteiger partial charge in [0.25, 0.3) is 0 Å². The molecule has 3 aromatic rings. The molecule has 2 aliphatic heterocycles. The predicted molar refractivity (Wildman–Crippen MR) is 122 cm³/mol. The Morgan fingerprint density at radius 2 is 1.97 bits per heavy atom. The van der Waals surface area contributed by atoms with E-state index in [0.29, 0.717) is 51.1 Å². The number of benzene rings is 3. The first-order valence-electron chi connectivity index (χ1n) is 10.1. The number of ether oxygens (including phenoxy) is 4. The van der Waals surface area contributed by atoms with Gasteiger partial charge in [0.15, 0.2) is 12.6 Å². The molecule has 168 valence electrons.